The van der Waals surface area contributed by atoms with Gasteiger partial charge < -0.3 is 15.3 Å². The van der Waals surface area contributed by atoms with Crippen LogP contribution in [0.2, 0.25) is 0 Å². The van der Waals surface area contributed by atoms with Crippen LogP contribution in [0, 0.1) is 6.92 Å². The van der Waals surface area contributed by atoms with Crippen LogP contribution in [-0.4, -0.2) is 33.3 Å². The zero-order valence-corrected chi connectivity index (χ0v) is 19.9. The summed E-state index contributed by atoms with van der Waals surface area (Å²) < 4.78 is 26.0. The van der Waals surface area contributed by atoms with E-state index in [9.17, 15) is 18.4 Å². The molecule has 0 aliphatic carbocycles. The lowest BCUT2D eigenvalue weighted by Crippen LogP contribution is -2.34. The Hall–Kier alpha value is -3.33. The number of nitrogens with zero attached hydrogens (tertiary/aromatic N) is 1. The molecule has 3 aromatic rings. The molecule has 0 aromatic carbocycles. The van der Waals surface area contributed by atoms with Crippen LogP contribution in [0.5, 0.6) is 0 Å². The molecule has 0 atom stereocenters. The van der Waals surface area contributed by atoms with Gasteiger partial charge in [0.15, 0.2) is 0 Å². The Morgan fingerprint density at radius 2 is 1.97 bits per heavy atom. The monoisotopic (exact) mass is 474 g/mol. The van der Waals surface area contributed by atoms with Gasteiger partial charge in [0.25, 0.3) is 17.4 Å². The number of pyridine rings is 1. The molecule has 0 unspecified atom stereocenters. The molecule has 0 saturated carbocycles. The van der Waals surface area contributed by atoms with Gasteiger partial charge in [0.1, 0.15) is 5.01 Å². The van der Waals surface area contributed by atoms with Crippen LogP contribution in [0.15, 0.2) is 47.4 Å². The normalized spacial score (nSPS) is 11.2. The standard InChI is InChI=1S/C21H20F2N4O2S.C3H8/c1-4-5-6-14-12(2)24-9-16(14)17-10-30-20(27-17)15-7-13(8-25-19(15)29)18(28)26-11-21(3,22)23;1-3-2/h4-10,24H,1,11H2,2-3H3,(H,25,29)(H,26,28);3H2,1-2H3/b6-5-;. The molecule has 3 rings (SSSR count). The summed E-state index contributed by atoms with van der Waals surface area (Å²) in [6.45, 7) is 9.77. The number of hydrogen-bond acceptors (Lipinski definition) is 4. The molecule has 3 heterocycles. The number of rotatable bonds is 7. The highest BCUT2D eigenvalue weighted by Crippen LogP contribution is 2.31. The summed E-state index contributed by atoms with van der Waals surface area (Å²) in [7, 11) is 0. The van der Waals surface area contributed by atoms with Crippen molar-refractivity contribution in [2.24, 2.45) is 0 Å². The van der Waals surface area contributed by atoms with Crippen molar-refractivity contribution in [3.05, 3.63) is 69.7 Å². The number of alkyl halides is 2. The van der Waals surface area contributed by atoms with Crippen molar-refractivity contribution in [3.8, 4) is 21.8 Å². The van der Waals surface area contributed by atoms with E-state index in [2.05, 4.69) is 40.7 Å². The number of aryl methyl sites for hydroxylation is 1. The fourth-order valence-corrected chi connectivity index (χ4v) is 3.59. The molecule has 6 nitrogen and oxygen atoms in total. The molecule has 0 bridgehead atoms. The maximum absolute atomic E-state index is 13.0. The molecular formula is C24H28F2N4O2S. The molecule has 0 radical (unpaired) electrons. The van der Waals surface area contributed by atoms with Crippen LogP contribution in [0.1, 0.15) is 48.8 Å². The van der Waals surface area contributed by atoms with Gasteiger partial charge in [-0.2, -0.15) is 0 Å². The number of hydrogen-bond donors (Lipinski definition) is 3. The average Bonchev–Trinajstić information content (AvgIpc) is 3.37. The number of aromatic nitrogens is 3. The fourth-order valence-electron chi connectivity index (χ4n) is 2.76. The molecule has 9 heteroatoms. The maximum atomic E-state index is 13.0. The number of carbonyl (C=O) groups excluding carboxylic acids is 1. The van der Waals surface area contributed by atoms with E-state index in [1.807, 2.05) is 30.7 Å². The third-order valence-corrected chi connectivity index (χ3v) is 5.14. The van der Waals surface area contributed by atoms with Crippen LogP contribution in [-0.2, 0) is 0 Å². The number of aromatic amines is 2. The quantitative estimate of drug-likeness (QED) is 0.378. The summed E-state index contributed by atoms with van der Waals surface area (Å²) in [5.41, 5.74) is 3.28. The van der Waals surface area contributed by atoms with Crippen LogP contribution in [0.25, 0.3) is 27.9 Å². The Balaban J connectivity index is 0.00000122. The second-order valence-corrected chi connectivity index (χ2v) is 8.32. The highest BCUT2D eigenvalue weighted by molar-refractivity contribution is 7.13. The van der Waals surface area contributed by atoms with Gasteiger partial charge in [-0.25, -0.2) is 13.8 Å². The number of thiazole rings is 1. The summed E-state index contributed by atoms with van der Waals surface area (Å²) >= 11 is 1.25. The van der Waals surface area contributed by atoms with Crippen molar-refractivity contribution >= 4 is 23.3 Å². The maximum Gasteiger partial charge on any atom is 0.262 e. The van der Waals surface area contributed by atoms with Crippen molar-refractivity contribution < 1.29 is 13.6 Å². The first kappa shape index (κ1) is 25.9. The van der Waals surface area contributed by atoms with Crippen molar-refractivity contribution in [1.82, 2.24) is 20.3 Å². The number of carbonyl (C=O) groups is 1. The molecule has 0 aliphatic heterocycles. The van der Waals surface area contributed by atoms with E-state index in [1.54, 1.807) is 6.08 Å². The molecule has 0 spiro atoms. The largest absolute Gasteiger partial charge is 0.364 e. The van der Waals surface area contributed by atoms with Gasteiger partial charge in [0.2, 0.25) is 0 Å². The molecular weight excluding hydrogens is 446 g/mol. The Labute approximate surface area is 195 Å². The predicted molar refractivity (Wildman–Crippen MR) is 131 cm³/mol. The molecule has 176 valence electrons. The molecule has 0 saturated heterocycles. The molecule has 0 aliphatic rings. The third-order valence-electron chi connectivity index (χ3n) is 4.26. The second-order valence-electron chi connectivity index (χ2n) is 7.46. The predicted octanol–water partition coefficient (Wildman–Crippen LogP) is 5.80. The van der Waals surface area contributed by atoms with Crippen molar-refractivity contribution in [1.29, 1.82) is 0 Å². The van der Waals surface area contributed by atoms with E-state index >= 15 is 0 Å². The summed E-state index contributed by atoms with van der Waals surface area (Å²) in [5.74, 6) is -3.74. The van der Waals surface area contributed by atoms with E-state index in [-0.39, 0.29) is 11.1 Å². The molecule has 0 fully saturated rings. The van der Waals surface area contributed by atoms with Gasteiger partial charge in [0, 0.05) is 41.5 Å². The molecule has 3 N–H and O–H groups in total. The van der Waals surface area contributed by atoms with E-state index in [0.717, 1.165) is 16.8 Å². The lowest BCUT2D eigenvalue weighted by molar-refractivity contribution is 0.0221. The van der Waals surface area contributed by atoms with E-state index in [1.165, 1.54) is 30.0 Å². The lowest BCUT2D eigenvalue weighted by atomic mass is 10.1. The average molecular weight is 475 g/mol. The molecule has 33 heavy (non-hydrogen) atoms. The minimum atomic E-state index is -3.03. The smallest absolute Gasteiger partial charge is 0.262 e. The zero-order valence-electron chi connectivity index (χ0n) is 19.1. The van der Waals surface area contributed by atoms with E-state index in [4.69, 9.17) is 0 Å². The van der Waals surface area contributed by atoms with Crippen LogP contribution in [0.3, 0.4) is 0 Å². The highest BCUT2D eigenvalue weighted by Gasteiger charge is 2.23. The van der Waals surface area contributed by atoms with Crippen LogP contribution >= 0.6 is 11.3 Å². The Morgan fingerprint density at radius 1 is 1.27 bits per heavy atom. The summed E-state index contributed by atoms with van der Waals surface area (Å²) in [5, 5.41) is 4.38. The van der Waals surface area contributed by atoms with Crippen molar-refractivity contribution in [2.75, 3.05) is 6.54 Å². The summed E-state index contributed by atoms with van der Waals surface area (Å²) in [4.78, 5) is 34.6. The number of H-pyrrole nitrogens is 2. The SMILES string of the molecule is C=C/C=C\c1c(-c2csc(-c3cc(C(=O)NCC(C)(F)F)c[nH]c3=O)n2)c[nH]c1C.CCC. The van der Waals surface area contributed by atoms with Gasteiger partial charge in [0.05, 0.1) is 23.4 Å². The third kappa shape index (κ3) is 7.08. The number of nitrogens with one attached hydrogen (secondary N) is 3. The summed E-state index contributed by atoms with van der Waals surface area (Å²) in [6, 6.07) is 1.35. The topological polar surface area (TPSA) is 90.6 Å². The first-order valence-corrected chi connectivity index (χ1v) is 11.3. The van der Waals surface area contributed by atoms with Gasteiger partial charge >= 0.3 is 0 Å². The van der Waals surface area contributed by atoms with Gasteiger partial charge in [-0.1, -0.05) is 45.1 Å². The fraction of sp³-hybridized carbons (Fsp3) is 0.292. The first-order chi connectivity index (χ1) is 15.6. The van der Waals surface area contributed by atoms with Crippen LogP contribution < -0.4 is 10.9 Å². The van der Waals surface area contributed by atoms with Crippen molar-refractivity contribution in [2.45, 2.75) is 40.0 Å². The van der Waals surface area contributed by atoms with Gasteiger partial charge in [-0.15, -0.1) is 11.3 Å². The molecule has 3 aromatic heterocycles. The number of halogens is 2. The highest BCUT2D eigenvalue weighted by atomic mass is 32.1. The first-order valence-electron chi connectivity index (χ1n) is 10.4. The van der Waals surface area contributed by atoms with E-state index < -0.39 is 23.9 Å². The Morgan fingerprint density at radius 3 is 2.61 bits per heavy atom. The van der Waals surface area contributed by atoms with Crippen LogP contribution in [0.4, 0.5) is 8.78 Å². The second kappa shape index (κ2) is 11.5. The van der Waals surface area contributed by atoms with Crippen molar-refractivity contribution in [3.63, 3.8) is 0 Å². The lowest BCUT2D eigenvalue weighted by Gasteiger charge is -2.11. The van der Waals surface area contributed by atoms with Gasteiger partial charge in [-0.3, -0.25) is 9.59 Å². The summed E-state index contributed by atoms with van der Waals surface area (Å²) in [6.07, 6.45) is 9.67. The minimum Gasteiger partial charge on any atom is -0.364 e. The number of allylic oxidation sites excluding steroid dienone is 2. The minimum absolute atomic E-state index is 0.0673. The Bertz CT molecular complexity index is 1190. The van der Waals surface area contributed by atoms with E-state index in [0.29, 0.717) is 17.6 Å². The number of amides is 1. The zero-order chi connectivity index (χ0) is 24.6. The Kier molecular flexibility index (Phi) is 9.04. The molecule has 1 amide bonds. The van der Waals surface area contributed by atoms with Gasteiger partial charge in [-0.05, 0) is 13.0 Å².